The van der Waals surface area contributed by atoms with Gasteiger partial charge in [0.25, 0.3) is 0 Å². The zero-order chi connectivity index (χ0) is 29.9. The Balaban J connectivity index is 0.00000337. The molecule has 4 aromatic rings. The summed E-state index contributed by atoms with van der Waals surface area (Å²) in [5, 5.41) is 14.4. The zero-order valence-electron chi connectivity index (χ0n) is 25.5. The van der Waals surface area contributed by atoms with Gasteiger partial charge in [0, 0.05) is 60.5 Å². The van der Waals surface area contributed by atoms with Gasteiger partial charge < -0.3 is 30.7 Å². The van der Waals surface area contributed by atoms with Crippen LogP contribution in [0.5, 0.6) is 11.5 Å². The van der Waals surface area contributed by atoms with Crippen LogP contribution in [0, 0.1) is 0 Å². The van der Waals surface area contributed by atoms with Crippen molar-refractivity contribution in [1.82, 2.24) is 20.6 Å². The van der Waals surface area contributed by atoms with Crippen LogP contribution < -0.4 is 30.7 Å². The van der Waals surface area contributed by atoms with Crippen LogP contribution in [-0.2, 0) is 9.59 Å². The van der Waals surface area contributed by atoms with Gasteiger partial charge in [-0.05, 0) is 63.8 Å². The highest BCUT2D eigenvalue weighted by molar-refractivity contribution is 6.35. The van der Waals surface area contributed by atoms with Gasteiger partial charge >= 0.3 is 11.8 Å². The van der Waals surface area contributed by atoms with Gasteiger partial charge in [-0.15, -0.1) is 24.8 Å². The van der Waals surface area contributed by atoms with E-state index >= 15 is 0 Å². The largest absolute Gasteiger partial charge is 0.497 e. The topological polar surface area (TPSA) is 127 Å². The lowest BCUT2D eigenvalue weighted by atomic mass is 10.1. The molecule has 44 heavy (non-hydrogen) atoms. The van der Waals surface area contributed by atoms with Crippen molar-refractivity contribution in [3.05, 3.63) is 60.9 Å². The average Bonchev–Trinajstić information content (AvgIpc) is 3.00. The molecule has 12 heteroatoms. The van der Waals surface area contributed by atoms with Crippen LogP contribution in [0.2, 0.25) is 0 Å². The van der Waals surface area contributed by atoms with Crippen LogP contribution in [0.25, 0.3) is 21.8 Å². The van der Waals surface area contributed by atoms with E-state index in [-0.39, 0.29) is 36.9 Å². The van der Waals surface area contributed by atoms with Crippen LogP contribution in [0.3, 0.4) is 0 Å². The van der Waals surface area contributed by atoms with E-state index < -0.39 is 11.8 Å². The fourth-order valence-electron chi connectivity index (χ4n) is 4.84. The highest BCUT2D eigenvalue weighted by Crippen LogP contribution is 2.29. The number of carbonyl (C=O) groups is 2. The predicted octanol–water partition coefficient (Wildman–Crippen LogP) is 5.74. The first-order valence-corrected chi connectivity index (χ1v) is 14.3. The molecule has 0 aliphatic rings. The van der Waals surface area contributed by atoms with Crippen molar-refractivity contribution in [3.63, 3.8) is 0 Å². The number of nitrogens with zero attached hydrogens (tertiary/aromatic N) is 2. The lowest BCUT2D eigenvalue weighted by Crippen LogP contribution is -2.40. The van der Waals surface area contributed by atoms with Gasteiger partial charge in [-0.1, -0.05) is 12.1 Å². The Bertz CT molecular complexity index is 1410. The Morgan fingerprint density at radius 3 is 1.50 bits per heavy atom. The van der Waals surface area contributed by atoms with Crippen molar-refractivity contribution >= 4 is 69.8 Å². The summed E-state index contributed by atoms with van der Waals surface area (Å²) >= 11 is 0. The number of benzene rings is 2. The molecular formula is C32H42Cl2N6O4. The molecule has 2 aromatic carbocycles. The van der Waals surface area contributed by atoms with Gasteiger partial charge in [0.05, 0.1) is 36.6 Å². The summed E-state index contributed by atoms with van der Waals surface area (Å²) in [5.41, 5.74) is 3.56. The molecule has 4 rings (SSSR count). The Kier molecular flexibility index (Phi) is 14.8. The first kappa shape index (κ1) is 36.2. The molecule has 2 amide bonds. The van der Waals surface area contributed by atoms with E-state index in [1.54, 1.807) is 26.6 Å². The summed E-state index contributed by atoms with van der Waals surface area (Å²) < 4.78 is 10.8. The molecule has 0 aliphatic heterocycles. The summed E-state index contributed by atoms with van der Waals surface area (Å²) in [6, 6.07) is 15.9. The van der Waals surface area contributed by atoms with Crippen LogP contribution in [-0.4, -0.2) is 61.2 Å². The van der Waals surface area contributed by atoms with E-state index in [1.807, 2.05) is 48.5 Å². The maximum Gasteiger partial charge on any atom is 0.309 e. The maximum atomic E-state index is 12.3. The smallest absolute Gasteiger partial charge is 0.309 e. The molecule has 2 atom stereocenters. The molecule has 0 saturated heterocycles. The van der Waals surface area contributed by atoms with E-state index in [1.165, 1.54) is 0 Å². The Morgan fingerprint density at radius 2 is 1.11 bits per heavy atom. The Morgan fingerprint density at radius 1 is 0.705 bits per heavy atom. The predicted molar refractivity (Wildman–Crippen MR) is 182 cm³/mol. The lowest BCUT2D eigenvalue weighted by Gasteiger charge is -2.18. The normalized spacial score (nSPS) is 11.8. The highest BCUT2D eigenvalue weighted by atomic mass is 35.5. The Labute approximate surface area is 270 Å². The number of nitrogens with one attached hydrogen (secondary N) is 4. The standard InChI is InChI=1S/C32H40N6O4.2ClH/c1-21(37-27-19-25(41-3)17-23-11-7-13-33-29(23)27)9-5-15-35-31(39)32(40)36-16-6-10-22(2)38-28-20-26(42-4)18-24-12-8-14-34-30(24)28;;/h7-8,11-14,17-22,37-38H,5-6,9-10,15-16H2,1-4H3,(H,35,39)(H,36,40);2*1H. The third-order valence-corrected chi connectivity index (χ3v) is 7.04. The fraction of sp³-hybridized carbons (Fsp3) is 0.375. The molecule has 2 heterocycles. The third kappa shape index (κ3) is 10.0. The number of pyridine rings is 2. The molecule has 0 bridgehead atoms. The molecule has 0 saturated carbocycles. The van der Waals surface area contributed by atoms with Gasteiger partial charge in [-0.2, -0.15) is 0 Å². The number of carbonyl (C=O) groups excluding carboxylic acids is 2. The van der Waals surface area contributed by atoms with Crippen LogP contribution in [0.4, 0.5) is 11.4 Å². The molecule has 4 N–H and O–H groups in total. The van der Waals surface area contributed by atoms with E-state index in [0.717, 1.165) is 70.4 Å². The van der Waals surface area contributed by atoms with Crippen molar-refractivity contribution in [1.29, 1.82) is 0 Å². The van der Waals surface area contributed by atoms with Gasteiger partial charge in [0.15, 0.2) is 0 Å². The van der Waals surface area contributed by atoms with Crippen LogP contribution >= 0.6 is 24.8 Å². The number of halogens is 2. The molecule has 0 aliphatic carbocycles. The van der Waals surface area contributed by atoms with E-state index in [9.17, 15) is 9.59 Å². The number of amides is 2. The van der Waals surface area contributed by atoms with Gasteiger partial charge in [0.2, 0.25) is 0 Å². The number of aromatic nitrogens is 2. The zero-order valence-corrected chi connectivity index (χ0v) is 27.1. The van der Waals surface area contributed by atoms with Crippen molar-refractivity contribution < 1.29 is 19.1 Å². The summed E-state index contributed by atoms with van der Waals surface area (Å²) in [6.45, 7) is 4.98. The molecule has 238 valence electrons. The number of rotatable bonds is 14. The first-order valence-electron chi connectivity index (χ1n) is 14.3. The SMILES string of the molecule is COc1cc(NC(C)CCCNC(=O)C(=O)NCCCC(C)Nc2cc(OC)cc3cccnc23)c2ncccc2c1.Cl.Cl. The minimum atomic E-state index is -0.612. The lowest BCUT2D eigenvalue weighted by molar-refractivity contribution is -0.139. The minimum Gasteiger partial charge on any atom is -0.497 e. The molecule has 0 radical (unpaired) electrons. The number of anilines is 2. The minimum absolute atomic E-state index is 0. The second-order valence-electron chi connectivity index (χ2n) is 10.4. The van der Waals surface area contributed by atoms with Crippen molar-refractivity contribution in [2.75, 3.05) is 37.9 Å². The number of hydrogen-bond acceptors (Lipinski definition) is 8. The molecule has 10 nitrogen and oxygen atoms in total. The van der Waals surface area contributed by atoms with E-state index in [4.69, 9.17) is 9.47 Å². The van der Waals surface area contributed by atoms with Gasteiger partial charge in [-0.3, -0.25) is 19.6 Å². The van der Waals surface area contributed by atoms with E-state index in [2.05, 4.69) is 45.1 Å². The van der Waals surface area contributed by atoms with Crippen LogP contribution in [0.15, 0.2) is 60.9 Å². The molecule has 0 spiro atoms. The van der Waals surface area contributed by atoms with Crippen molar-refractivity contribution in [3.8, 4) is 11.5 Å². The van der Waals surface area contributed by atoms with Gasteiger partial charge in [-0.25, -0.2) is 0 Å². The molecule has 2 unspecified atom stereocenters. The average molecular weight is 646 g/mol. The monoisotopic (exact) mass is 644 g/mol. The van der Waals surface area contributed by atoms with E-state index in [0.29, 0.717) is 13.1 Å². The number of fused-ring (bicyclic) bond motifs is 2. The van der Waals surface area contributed by atoms with Gasteiger partial charge in [0.1, 0.15) is 11.5 Å². The summed E-state index contributed by atoms with van der Waals surface area (Å²) in [5.74, 6) is 0.298. The molecule has 0 fully saturated rings. The molecular weight excluding hydrogens is 603 g/mol. The second-order valence-corrected chi connectivity index (χ2v) is 10.4. The maximum absolute atomic E-state index is 12.3. The number of methoxy groups -OCH3 is 2. The second kappa shape index (κ2) is 17.9. The first-order chi connectivity index (χ1) is 20.4. The molecule has 2 aromatic heterocycles. The third-order valence-electron chi connectivity index (χ3n) is 7.04. The Hall–Kier alpha value is -4.02. The van der Waals surface area contributed by atoms with Crippen molar-refractivity contribution in [2.45, 2.75) is 51.6 Å². The summed E-state index contributed by atoms with van der Waals surface area (Å²) in [6.07, 6.45) is 6.58. The summed E-state index contributed by atoms with van der Waals surface area (Å²) in [4.78, 5) is 33.5. The quantitative estimate of drug-likeness (QED) is 0.101. The van der Waals surface area contributed by atoms with Crippen molar-refractivity contribution in [2.24, 2.45) is 0 Å². The number of hydrogen-bond donors (Lipinski definition) is 4. The fourth-order valence-corrected chi connectivity index (χ4v) is 4.84. The summed E-state index contributed by atoms with van der Waals surface area (Å²) in [7, 11) is 3.29. The number of ether oxygens (including phenoxy) is 2. The highest BCUT2D eigenvalue weighted by Gasteiger charge is 2.14. The van der Waals surface area contributed by atoms with Crippen LogP contribution in [0.1, 0.15) is 39.5 Å².